The monoisotopic (exact) mass is 236 g/mol. The highest BCUT2D eigenvalue weighted by Gasteiger charge is 2.37. The standard InChI is InChI=1S/C11H20N6/c1-15-7-9(6-13-15)11(14-12)10-8-16-2-4-17(10)5-3-16/h6-7,10-11,14H,2-5,8,12H2,1H3. The highest BCUT2D eigenvalue weighted by molar-refractivity contribution is 5.14. The van der Waals surface area contributed by atoms with Crippen molar-refractivity contribution in [3.05, 3.63) is 18.0 Å². The number of nitrogens with one attached hydrogen (secondary N) is 1. The van der Waals surface area contributed by atoms with E-state index >= 15 is 0 Å². The van der Waals surface area contributed by atoms with E-state index in [4.69, 9.17) is 5.84 Å². The van der Waals surface area contributed by atoms with E-state index < -0.39 is 0 Å². The van der Waals surface area contributed by atoms with Crippen molar-refractivity contribution in [1.29, 1.82) is 0 Å². The minimum atomic E-state index is 0.173. The number of nitrogens with zero attached hydrogens (tertiary/aromatic N) is 4. The molecule has 6 nitrogen and oxygen atoms in total. The van der Waals surface area contributed by atoms with Gasteiger partial charge in [0.25, 0.3) is 0 Å². The van der Waals surface area contributed by atoms with E-state index in [0.717, 1.165) is 19.6 Å². The molecule has 3 N–H and O–H groups in total. The third kappa shape index (κ3) is 1.97. The molecular weight excluding hydrogens is 216 g/mol. The van der Waals surface area contributed by atoms with E-state index in [-0.39, 0.29) is 6.04 Å². The Hall–Kier alpha value is -0.950. The Kier molecular flexibility index (Phi) is 2.87. The van der Waals surface area contributed by atoms with E-state index in [1.165, 1.54) is 18.7 Å². The minimum Gasteiger partial charge on any atom is -0.299 e. The van der Waals surface area contributed by atoms with E-state index in [2.05, 4.69) is 20.3 Å². The van der Waals surface area contributed by atoms with E-state index in [0.29, 0.717) is 6.04 Å². The van der Waals surface area contributed by atoms with Crippen LogP contribution in [0.2, 0.25) is 0 Å². The summed E-state index contributed by atoms with van der Waals surface area (Å²) in [6.07, 6.45) is 3.95. The first kappa shape index (κ1) is 11.2. The molecule has 1 aromatic heterocycles. The van der Waals surface area contributed by atoms with Crippen molar-refractivity contribution in [2.45, 2.75) is 12.1 Å². The summed E-state index contributed by atoms with van der Waals surface area (Å²) >= 11 is 0. The average Bonchev–Trinajstić information content (AvgIpc) is 2.78. The molecule has 3 aliphatic rings. The largest absolute Gasteiger partial charge is 0.299 e. The Labute approximate surface area is 101 Å². The SMILES string of the molecule is Cn1cc(C(NN)C2CN3CCN2CC3)cn1. The van der Waals surface area contributed by atoms with Gasteiger partial charge in [-0.2, -0.15) is 5.10 Å². The van der Waals surface area contributed by atoms with E-state index in [1.54, 1.807) is 0 Å². The van der Waals surface area contributed by atoms with Gasteiger partial charge in [0.05, 0.1) is 12.2 Å². The van der Waals surface area contributed by atoms with Gasteiger partial charge >= 0.3 is 0 Å². The summed E-state index contributed by atoms with van der Waals surface area (Å²) in [6.45, 7) is 5.80. The molecule has 1 aromatic rings. The molecule has 4 heterocycles. The first-order chi connectivity index (χ1) is 8.28. The summed E-state index contributed by atoms with van der Waals surface area (Å²) in [5.74, 6) is 5.74. The van der Waals surface area contributed by atoms with Crippen LogP contribution in [-0.4, -0.2) is 58.3 Å². The summed E-state index contributed by atoms with van der Waals surface area (Å²) in [5, 5.41) is 4.23. The van der Waals surface area contributed by atoms with Crippen molar-refractivity contribution in [3.63, 3.8) is 0 Å². The molecule has 2 unspecified atom stereocenters. The van der Waals surface area contributed by atoms with E-state index in [9.17, 15) is 0 Å². The van der Waals surface area contributed by atoms with Crippen molar-refractivity contribution in [1.82, 2.24) is 25.0 Å². The minimum absolute atomic E-state index is 0.173. The van der Waals surface area contributed by atoms with Crippen molar-refractivity contribution < 1.29 is 0 Å². The predicted octanol–water partition coefficient (Wildman–Crippen LogP) is -1.08. The normalized spacial score (nSPS) is 33.9. The molecule has 94 valence electrons. The molecule has 4 rings (SSSR count). The number of hydrazine groups is 1. The Bertz CT molecular complexity index is 381. The lowest BCUT2D eigenvalue weighted by molar-refractivity contribution is -0.00370. The van der Waals surface area contributed by atoms with Gasteiger partial charge in [0.15, 0.2) is 0 Å². The fourth-order valence-corrected chi connectivity index (χ4v) is 3.00. The number of piperazine rings is 3. The molecule has 3 fully saturated rings. The number of nitrogens with two attached hydrogens (primary N) is 1. The van der Waals surface area contributed by atoms with E-state index in [1.807, 2.05) is 24.1 Å². The van der Waals surface area contributed by atoms with Crippen LogP contribution in [-0.2, 0) is 7.05 Å². The maximum Gasteiger partial charge on any atom is 0.0658 e. The molecule has 0 saturated carbocycles. The summed E-state index contributed by atoms with van der Waals surface area (Å²) in [4.78, 5) is 5.06. The molecule has 3 aliphatic heterocycles. The molecule has 6 heteroatoms. The highest BCUT2D eigenvalue weighted by atomic mass is 15.4. The zero-order valence-corrected chi connectivity index (χ0v) is 10.2. The lowest BCUT2D eigenvalue weighted by Crippen LogP contribution is -2.64. The summed E-state index contributed by atoms with van der Waals surface area (Å²) in [5.41, 5.74) is 4.14. The zero-order chi connectivity index (χ0) is 11.8. The summed E-state index contributed by atoms with van der Waals surface area (Å²) in [6, 6.07) is 0.637. The molecule has 0 amide bonds. The molecule has 0 aromatic carbocycles. The molecule has 0 aliphatic carbocycles. The Morgan fingerprint density at radius 3 is 2.65 bits per heavy atom. The van der Waals surface area contributed by atoms with Gasteiger partial charge < -0.3 is 0 Å². The fourth-order valence-electron chi connectivity index (χ4n) is 3.00. The highest BCUT2D eigenvalue weighted by Crippen LogP contribution is 2.26. The third-order valence-corrected chi connectivity index (χ3v) is 3.97. The number of fused-ring (bicyclic) bond motifs is 3. The van der Waals surface area contributed by atoms with Gasteiger partial charge in [-0.05, 0) is 0 Å². The Morgan fingerprint density at radius 1 is 1.41 bits per heavy atom. The lowest BCUT2D eigenvalue weighted by Gasteiger charge is -2.49. The Morgan fingerprint density at radius 2 is 2.18 bits per heavy atom. The van der Waals surface area contributed by atoms with Crippen LogP contribution < -0.4 is 11.3 Å². The lowest BCUT2D eigenvalue weighted by atomic mass is 9.96. The van der Waals surface area contributed by atoms with Crippen molar-refractivity contribution in [3.8, 4) is 0 Å². The smallest absolute Gasteiger partial charge is 0.0658 e. The second kappa shape index (κ2) is 4.38. The van der Waals surface area contributed by atoms with Gasteiger partial charge in [0.2, 0.25) is 0 Å². The molecule has 17 heavy (non-hydrogen) atoms. The summed E-state index contributed by atoms with van der Waals surface area (Å²) in [7, 11) is 1.94. The number of hydrogen-bond donors (Lipinski definition) is 2. The fraction of sp³-hybridized carbons (Fsp3) is 0.727. The first-order valence-corrected chi connectivity index (χ1v) is 6.19. The van der Waals surface area contributed by atoms with Gasteiger partial charge in [-0.25, -0.2) is 0 Å². The van der Waals surface area contributed by atoms with Crippen LogP contribution >= 0.6 is 0 Å². The zero-order valence-electron chi connectivity index (χ0n) is 10.2. The molecule has 2 atom stereocenters. The van der Waals surface area contributed by atoms with Crippen LogP contribution in [0.15, 0.2) is 12.4 Å². The van der Waals surface area contributed by atoms with Gasteiger partial charge in [0, 0.05) is 57.6 Å². The van der Waals surface area contributed by atoms with Crippen molar-refractivity contribution in [2.24, 2.45) is 12.9 Å². The Balaban J connectivity index is 1.81. The van der Waals surface area contributed by atoms with Crippen LogP contribution in [0.25, 0.3) is 0 Å². The molecule has 3 saturated heterocycles. The maximum atomic E-state index is 5.74. The number of rotatable bonds is 3. The quantitative estimate of drug-likeness (QED) is 0.516. The molecule has 2 bridgehead atoms. The third-order valence-electron chi connectivity index (χ3n) is 3.97. The van der Waals surface area contributed by atoms with Crippen LogP contribution in [0.1, 0.15) is 11.6 Å². The topological polar surface area (TPSA) is 62.4 Å². The van der Waals surface area contributed by atoms with Gasteiger partial charge in [0.1, 0.15) is 0 Å². The molecular formula is C11H20N6. The van der Waals surface area contributed by atoms with Crippen LogP contribution in [0, 0.1) is 0 Å². The number of aryl methyl sites for hydroxylation is 1. The van der Waals surface area contributed by atoms with Crippen LogP contribution in [0.5, 0.6) is 0 Å². The maximum absolute atomic E-state index is 5.74. The predicted molar refractivity (Wildman–Crippen MR) is 65.1 cm³/mol. The van der Waals surface area contributed by atoms with Crippen molar-refractivity contribution >= 4 is 0 Å². The van der Waals surface area contributed by atoms with Gasteiger partial charge in [-0.3, -0.25) is 25.8 Å². The van der Waals surface area contributed by atoms with Crippen LogP contribution in [0.4, 0.5) is 0 Å². The second-order valence-corrected chi connectivity index (χ2v) is 5.00. The number of hydrogen-bond acceptors (Lipinski definition) is 5. The van der Waals surface area contributed by atoms with Gasteiger partial charge in [-0.15, -0.1) is 0 Å². The van der Waals surface area contributed by atoms with Crippen LogP contribution in [0.3, 0.4) is 0 Å². The average molecular weight is 236 g/mol. The van der Waals surface area contributed by atoms with Gasteiger partial charge in [-0.1, -0.05) is 0 Å². The molecule has 0 radical (unpaired) electrons. The molecule has 0 spiro atoms. The first-order valence-electron chi connectivity index (χ1n) is 6.19. The number of aromatic nitrogens is 2. The van der Waals surface area contributed by atoms with Crippen molar-refractivity contribution in [2.75, 3.05) is 32.7 Å². The second-order valence-electron chi connectivity index (χ2n) is 5.00. The summed E-state index contributed by atoms with van der Waals surface area (Å²) < 4.78 is 1.83.